The smallest absolute Gasteiger partial charge is 0.257 e. The van der Waals surface area contributed by atoms with Gasteiger partial charge >= 0.3 is 0 Å². The summed E-state index contributed by atoms with van der Waals surface area (Å²) in [6.45, 7) is 6.12. The van der Waals surface area contributed by atoms with Crippen molar-refractivity contribution in [2.45, 2.75) is 12.6 Å². The van der Waals surface area contributed by atoms with Crippen molar-refractivity contribution >= 4 is 5.91 Å². The summed E-state index contributed by atoms with van der Waals surface area (Å²) in [4.78, 5) is 16.4. The lowest BCUT2D eigenvalue weighted by molar-refractivity contribution is 0.0313. The molecule has 0 aliphatic carbocycles. The first-order valence-electron chi connectivity index (χ1n) is 7.78. The molecule has 0 radical (unpaired) electrons. The number of aliphatic hydroxyl groups is 1. The molecule has 2 aliphatic rings. The van der Waals surface area contributed by atoms with Crippen LogP contribution in [-0.2, 0) is 11.3 Å². The van der Waals surface area contributed by atoms with Crippen LogP contribution in [0.25, 0.3) is 0 Å². The Hall–Kier alpha value is -1.41. The van der Waals surface area contributed by atoms with Crippen LogP contribution in [-0.4, -0.2) is 79.4 Å². The standard InChI is InChI=1S/C15H23N3O4/c19-13-8-16-1-2-18(9-13)15(20)12-7-14(22-11-12)10-17-3-5-21-6-4-17/h7,11,13,16,19H,1-6,8-10H2/t13-/m1/s1. The largest absolute Gasteiger partial charge is 0.467 e. The number of furan rings is 1. The molecular weight excluding hydrogens is 286 g/mol. The number of hydrogen-bond donors (Lipinski definition) is 2. The molecule has 1 aromatic heterocycles. The Morgan fingerprint density at radius 1 is 1.36 bits per heavy atom. The molecule has 22 heavy (non-hydrogen) atoms. The molecule has 2 saturated heterocycles. The summed E-state index contributed by atoms with van der Waals surface area (Å²) in [7, 11) is 0. The molecule has 0 aromatic carbocycles. The lowest BCUT2D eigenvalue weighted by atomic mass is 10.2. The molecule has 1 atom stereocenters. The van der Waals surface area contributed by atoms with E-state index in [0.29, 0.717) is 38.3 Å². The van der Waals surface area contributed by atoms with E-state index in [4.69, 9.17) is 9.15 Å². The van der Waals surface area contributed by atoms with Crippen LogP contribution in [0.5, 0.6) is 0 Å². The molecule has 0 saturated carbocycles. The van der Waals surface area contributed by atoms with Gasteiger partial charge in [-0.3, -0.25) is 9.69 Å². The van der Waals surface area contributed by atoms with E-state index in [1.807, 2.05) is 6.07 Å². The van der Waals surface area contributed by atoms with Gasteiger partial charge in [0.15, 0.2) is 0 Å². The minimum Gasteiger partial charge on any atom is -0.467 e. The number of aliphatic hydroxyl groups excluding tert-OH is 1. The van der Waals surface area contributed by atoms with Crippen molar-refractivity contribution in [3.05, 3.63) is 23.7 Å². The van der Waals surface area contributed by atoms with E-state index in [-0.39, 0.29) is 5.91 Å². The monoisotopic (exact) mass is 309 g/mol. The quantitative estimate of drug-likeness (QED) is 0.785. The fourth-order valence-corrected chi connectivity index (χ4v) is 2.82. The van der Waals surface area contributed by atoms with Crippen molar-refractivity contribution in [1.29, 1.82) is 0 Å². The lowest BCUT2D eigenvalue weighted by Crippen LogP contribution is -2.37. The Balaban J connectivity index is 1.60. The normalized spacial score (nSPS) is 24.2. The second kappa shape index (κ2) is 7.23. The topological polar surface area (TPSA) is 78.2 Å². The van der Waals surface area contributed by atoms with Gasteiger partial charge in [-0.1, -0.05) is 0 Å². The van der Waals surface area contributed by atoms with E-state index < -0.39 is 6.10 Å². The molecule has 1 aromatic rings. The first kappa shape index (κ1) is 15.5. The zero-order chi connectivity index (χ0) is 15.4. The fraction of sp³-hybridized carbons (Fsp3) is 0.667. The van der Waals surface area contributed by atoms with Gasteiger partial charge in [-0.15, -0.1) is 0 Å². The number of carbonyl (C=O) groups excluding carboxylic acids is 1. The lowest BCUT2D eigenvalue weighted by Gasteiger charge is -2.25. The van der Waals surface area contributed by atoms with Crippen LogP contribution in [0.1, 0.15) is 16.1 Å². The molecule has 2 aliphatic heterocycles. The molecule has 7 heteroatoms. The summed E-state index contributed by atoms with van der Waals surface area (Å²) in [5, 5.41) is 12.9. The second-order valence-corrected chi connectivity index (χ2v) is 5.80. The summed E-state index contributed by atoms with van der Waals surface area (Å²) in [6.07, 6.45) is 0.995. The fourth-order valence-electron chi connectivity index (χ4n) is 2.82. The van der Waals surface area contributed by atoms with E-state index in [1.165, 1.54) is 6.26 Å². The highest BCUT2D eigenvalue weighted by Crippen LogP contribution is 2.14. The molecule has 3 rings (SSSR count). The van der Waals surface area contributed by atoms with Crippen LogP contribution in [0.4, 0.5) is 0 Å². The molecule has 1 amide bonds. The van der Waals surface area contributed by atoms with Crippen molar-refractivity contribution in [3.8, 4) is 0 Å². The third-order valence-electron chi connectivity index (χ3n) is 4.04. The average Bonchev–Trinajstić information content (AvgIpc) is 2.88. The van der Waals surface area contributed by atoms with Crippen molar-refractivity contribution in [3.63, 3.8) is 0 Å². The van der Waals surface area contributed by atoms with Crippen LogP contribution in [0, 0.1) is 0 Å². The van der Waals surface area contributed by atoms with Crippen LogP contribution in [0.3, 0.4) is 0 Å². The predicted octanol–water partition coefficient (Wildman–Crippen LogP) is -0.482. The van der Waals surface area contributed by atoms with Gasteiger partial charge in [-0.05, 0) is 6.07 Å². The van der Waals surface area contributed by atoms with Gasteiger partial charge in [0.05, 0.1) is 31.4 Å². The number of β-amino-alcohol motifs (C(OH)–C–C–N with tert-alkyl or cyclic N) is 1. The number of carbonyl (C=O) groups is 1. The minimum absolute atomic E-state index is 0.0836. The molecule has 3 heterocycles. The van der Waals surface area contributed by atoms with Gasteiger partial charge in [0, 0.05) is 39.3 Å². The third kappa shape index (κ3) is 3.86. The molecular formula is C15H23N3O4. The van der Waals surface area contributed by atoms with Gasteiger partial charge in [-0.2, -0.15) is 0 Å². The van der Waals surface area contributed by atoms with Crippen LogP contribution >= 0.6 is 0 Å². The molecule has 2 fully saturated rings. The Kier molecular flexibility index (Phi) is 5.09. The molecule has 122 valence electrons. The molecule has 0 unspecified atom stereocenters. The number of nitrogens with zero attached hydrogens (tertiary/aromatic N) is 2. The van der Waals surface area contributed by atoms with Crippen molar-refractivity contribution < 1.29 is 19.1 Å². The summed E-state index contributed by atoms with van der Waals surface area (Å²) >= 11 is 0. The maximum absolute atomic E-state index is 12.5. The first-order valence-corrected chi connectivity index (χ1v) is 7.78. The number of ether oxygens (including phenoxy) is 1. The predicted molar refractivity (Wildman–Crippen MR) is 79.6 cm³/mol. The van der Waals surface area contributed by atoms with Crippen LogP contribution in [0.15, 0.2) is 16.7 Å². The summed E-state index contributed by atoms with van der Waals surface area (Å²) in [5.41, 5.74) is 0.553. The highest BCUT2D eigenvalue weighted by Gasteiger charge is 2.23. The molecule has 0 bridgehead atoms. The van der Waals surface area contributed by atoms with Crippen molar-refractivity contribution in [2.75, 3.05) is 52.5 Å². The van der Waals surface area contributed by atoms with Gasteiger partial charge in [0.25, 0.3) is 5.91 Å². The van der Waals surface area contributed by atoms with Gasteiger partial charge in [0.1, 0.15) is 12.0 Å². The van der Waals surface area contributed by atoms with Gasteiger partial charge in [-0.25, -0.2) is 0 Å². The van der Waals surface area contributed by atoms with Crippen molar-refractivity contribution in [1.82, 2.24) is 15.1 Å². The zero-order valence-electron chi connectivity index (χ0n) is 12.7. The number of morpholine rings is 1. The Morgan fingerprint density at radius 2 is 2.18 bits per heavy atom. The average molecular weight is 309 g/mol. The molecule has 0 spiro atoms. The van der Waals surface area contributed by atoms with E-state index in [2.05, 4.69) is 10.2 Å². The van der Waals surface area contributed by atoms with E-state index in [0.717, 1.165) is 32.1 Å². The third-order valence-corrected chi connectivity index (χ3v) is 4.04. The number of hydrogen-bond acceptors (Lipinski definition) is 6. The van der Waals surface area contributed by atoms with Gasteiger partial charge < -0.3 is 24.5 Å². The number of amides is 1. The van der Waals surface area contributed by atoms with E-state index >= 15 is 0 Å². The zero-order valence-corrected chi connectivity index (χ0v) is 12.7. The highest BCUT2D eigenvalue weighted by molar-refractivity contribution is 5.94. The van der Waals surface area contributed by atoms with Crippen LogP contribution in [0.2, 0.25) is 0 Å². The van der Waals surface area contributed by atoms with Crippen molar-refractivity contribution in [2.24, 2.45) is 0 Å². The Bertz CT molecular complexity index is 499. The SMILES string of the molecule is O=C(c1coc(CN2CCOCC2)c1)N1CCNC[C@@H](O)C1. The second-order valence-electron chi connectivity index (χ2n) is 5.80. The first-order chi connectivity index (χ1) is 10.7. The molecule has 2 N–H and O–H groups in total. The van der Waals surface area contributed by atoms with E-state index in [1.54, 1.807) is 4.90 Å². The van der Waals surface area contributed by atoms with Crippen LogP contribution < -0.4 is 5.32 Å². The van der Waals surface area contributed by atoms with Gasteiger partial charge in [0.2, 0.25) is 0 Å². The maximum Gasteiger partial charge on any atom is 0.257 e. The Morgan fingerprint density at radius 3 is 3.00 bits per heavy atom. The number of rotatable bonds is 3. The molecule has 7 nitrogen and oxygen atoms in total. The summed E-state index contributed by atoms with van der Waals surface area (Å²) in [5.74, 6) is 0.707. The number of nitrogens with one attached hydrogen (secondary N) is 1. The van der Waals surface area contributed by atoms with E-state index in [9.17, 15) is 9.90 Å². The summed E-state index contributed by atoms with van der Waals surface area (Å²) in [6, 6.07) is 1.81. The minimum atomic E-state index is -0.522. The maximum atomic E-state index is 12.5. The Labute approximate surface area is 129 Å². The summed E-state index contributed by atoms with van der Waals surface area (Å²) < 4.78 is 10.8. The highest BCUT2D eigenvalue weighted by atomic mass is 16.5.